The highest BCUT2D eigenvalue weighted by Crippen LogP contribution is 2.11. The molecule has 16 heavy (non-hydrogen) atoms. The lowest BCUT2D eigenvalue weighted by atomic mass is 10.1. The lowest BCUT2D eigenvalue weighted by Gasteiger charge is -2.23. The zero-order valence-electron chi connectivity index (χ0n) is 9.40. The predicted molar refractivity (Wildman–Crippen MR) is 61.1 cm³/mol. The average Bonchev–Trinajstić information content (AvgIpc) is 2.59. The van der Waals surface area contributed by atoms with Crippen molar-refractivity contribution in [3.63, 3.8) is 0 Å². The van der Waals surface area contributed by atoms with Crippen LogP contribution in [-0.2, 0) is 11.8 Å². The molecule has 0 aromatic carbocycles. The van der Waals surface area contributed by atoms with E-state index in [2.05, 4.69) is 5.32 Å². The van der Waals surface area contributed by atoms with Crippen molar-refractivity contribution >= 4 is 11.6 Å². The first-order chi connectivity index (χ1) is 7.66. The van der Waals surface area contributed by atoms with Crippen LogP contribution in [0.2, 0.25) is 0 Å². The number of nitrogens with one attached hydrogen (secondary N) is 1. The number of rotatable bonds is 2. The molecule has 0 spiro atoms. The van der Waals surface area contributed by atoms with E-state index in [1.54, 1.807) is 16.8 Å². The van der Waals surface area contributed by atoms with E-state index >= 15 is 0 Å². The molecule has 0 unspecified atom stereocenters. The van der Waals surface area contributed by atoms with Crippen LogP contribution in [0.4, 0.5) is 5.69 Å². The van der Waals surface area contributed by atoms with Crippen LogP contribution in [0.1, 0.15) is 23.3 Å². The molecular formula is C11H17N3O2. The molecular weight excluding hydrogens is 206 g/mol. The quantitative estimate of drug-likeness (QED) is 0.767. The number of amides is 1. The maximum atomic E-state index is 11.9. The standard InChI is InChI=1S/C11H17N3O2/c1-14-7-8(12)6-10(14)11(15)13-9-2-4-16-5-3-9/h6-7,9H,2-5,12H2,1H3,(H,13,15). The van der Waals surface area contributed by atoms with Crippen molar-refractivity contribution in [3.8, 4) is 0 Å². The third kappa shape index (κ3) is 2.36. The van der Waals surface area contributed by atoms with Crippen molar-refractivity contribution < 1.29 is 9.53 Å². The summed E-state index contributed by atoms with van der Waals surface area (Å²) >= 11 is 0. The molecule has 0 radical (unpaired) electrons. The number of hydrogen-bond donors (Lipinski definition) is 2. The molecule has 88 valence electrons. The topological polar surface area (TPSA) is 69.3 Å². The van der Waals surface area contributed by atoms with Gasteiger partial charge in [-0.05, 0) is 18.9 Å². The Bertz CT molecular complexity index is 381. The number of anilines is 1. The first-order valence-corrected chi connectivity index (χ1v) is 5.47. The molecule has 3 N–H and O–H groups in total. The van der Waals surface area contributed by atoms with Crippen LogP contribution in [0.15, 0.2) is 12.3 Å². The van der Waals surface area contributed by atoms with Crippen molar-refractivity contribution in [3.05, 3.63) is 18.0 Å². The minimum Gasteiger partial charge on any atom is -0.397 e. The second-order valence-corrected chi connectivity index (χ2v) is 4.13. The molecule has 0 atom stereocenters. The Balaban J connectivity index is 1.99. The Labute approximate surface area is 94.6 Å². The number of ether oxygens (including phenoxy) is 1. The van der Waals surface area contributed by atoms with Crippen molar-refractivity contribution in [1.29, 1.82) is 0 Å². The fraction of sp³-hybridized carbons (Fsp3) is 0.545. The van der Waals surface area contributed by atoms with Gasteiger partial charge in [-0.15, -0.1) is 0 Å². The van der Waals surface area contributed by atoms with Crippen molar-refractivity contribution in [2.45, 2.75) is 18.9 Å². The van der Waals surface area contributed by atoms with E-state index in [1.165, 1.54) is 0 Å². The minimum absolute atomic E-state index is 0.0638. The van der Waals surface area contributed by atoms with Crippen LogP contribution in [0.3, 0.4) is 0 Å². The maximum absolute atomic E-state index is 11.9. The number of aromatic nitrogens is 1. The van der Waals surface area contributed by atoms with Gasteiger partial charge in [0.15, 0.2) is 0 Å². The third-order valence-corrected chi connectivity index (χ3v) is 2.82. The molecule has 5 nitrogen and oxygen atoms in total. The lowest BCUT2D eigenvalue weighted by molar-refractivity contribution is 0.0693. The van der Waals surface area contributed by atoms with E-state index in [0.29, 0.717) is 11.4 Å². The number of carbonyl (C=O) groups is 1. The molecule has 0 bridgehead atoms. The summed E-state index contributed by atoms with van der Waals surface area (Å²) in [4.78, 5) is 11.9. The second-order valence-electron chi connectivity index (χ2n) is 4.13. The van der Waals surface area contributed by atoms with E-state index < -0.39 is 0 Å². The van der Waals surface area contributed by atoms with Gasteiger partial charge in [-0.2, -0.15) is 0 Å². The van der Waals surface area contributed by atoms with E-state index in [0.717, 1.165) is 26.1 Å². The number of carbonyl (C=O) groups excluding carboxylic acids is 1. The Morgan fingerprint density at radius 1 is 1.56 bits per heavy atom. The lowest BCUT2D eigenvalue weighted by Crippen LogP contribution is -2.39. The highest BCUT2D eigenvalue weighted by atomic mass is 16.5. The summed E-state index contributed by atoms with van der Waals surface area (Å²) in [6.45, 7) is 1.44. The SMILES string of the molecule is Cn1cc(N)cc1C(=O)NC1CCOCC1. The molecule has 1 amide bonds. The second kappa shape index (κ2) is 4.57. The Kier molecular flexibility index (Phi) is 3.14. The van der Waals surface area contributed by atoms with Crippen LogP contribution >= 0.6 is 0 Å². The monoisotopic (exact) mass is 223 g/mol. The number of hydrogen-bond acceptors (Lipinski definition) is 3. The first kappa shape index (κ1) is 11.0. The summed E-state index contributed by atoms with van der Waals surface area (Å²) in [5, 5.41) is 2.99. The van der Waals surface area contributed by atoms with Crippen LogP contribution < -0.4 is 11.1 Å². The van der Waals surface area contributed by atoms with Gasteiger partial charge in [-0.25, -0.2) is 0 Å². The van der Waals surface area contributed by atoms with E-state index in [1.807, 2.05) is 7.05 Å². The molecule has 1 aromatic heterocycles. The van der Waals surface area contributed by atoms with Crippen molar-refractivity contribution in [2.24, 2.45) is 7.05 Å². The number of nitrogens with two attached hydrogens (primary N) is 1. The van der Waals surface area contributed by atoms with E-state index in [9.17, 15) is 4.79 Å². The molecule has 0 saturated carbocycles. The summed E-state index contributed by atoms with van der Waals surface area (Å²) in [6, 6.07) is 1.91. The maximum Gasteiger partial charge on any atom is 0.268 e. The largest absolute Gasteiger partial charge is 0.397 e. The van der Waals surface area contributed by atoms with Crippen molar-refractivity contribution in [1.82, 2.24) is 9.88 Å². The molecule has 1 fully saturated rings. The highest BCUT2D eigenvalue weighted by Gasteiger charge is 2.18. The van der Waals surface area contributed by atoms with Crippen LogP contribution in [0.5, 0.6) is 0 Å². The molecule has 1 aliphatic heterocycles. The third-order valence-electron chi connectivity index (χ3n) is 2.82. The van der Waals surface area contributed by atoms with Crippen LogP contribution in [0, 0.1) is 0 Å². The molecule has 5 heteroatoms. The fourth-order valence-electron chi connectivity index (χ4n) is 1.92. The molecule has 0 aliphatic carbocycles. The number of nitrogen functional groups attached to an aromatic ring is 1. The normalized spacial score (nSPS) is 17.3. The van der Waals surface area contributed by atoms with Gasteiger partial charge in [0.1, 0.15) is 5.69 Å². The summed E-state index contributed by atoms with van der Waals surface area (Å²) in [5.74, 6) is -0.0638. The predicted octanol–water partition coefficient (Wildman–Crippen LogP) is 0.516. The summed E-state index contributed by atoms with van der Waals surface area (Å²) in [6.07, 6.45) is 3.50. The zero-order chi connectivity index (χ0) is 11.5. The van der Waals surface area contributed by atoms with Crippen LogP contribution in [-0.4, -0.2) is 29.7 Å². The Morgan fingerprint density at radius 2 is 2.25 bits per heavy atom. The average molecular weight is 223 g/mol. The zero-order valence-corrected chi connectivity index (χ0v) is 9.40. The smallest absolute Gasteiger partial charge is 0.268 e. The van der Waals surface area contributed by atoms with Gasteiger partial charge in [0.05, 0.1) is 5.69 Å². The molecule has 1 saturated heterocycles. The van der Waals surface area contributed by atoms with Gasteiger partial charge in [0.25, 0.3) is 5.91 Å². The van der Waals surface area contributed by atoms with Gasteiger partial charge in [0, 0.05) is 32.5 Å². The van der Waals surface area contributed by atoms with E-state index in [4.69, 9.17) is 10.5 Å². The number of aryl methyl sites for hydroxylation is 1. The Hall–Kier alpha value is -1.49. The van der Waals surface area contributed by atoms with E-state index in [-0.39, 0.29) is 11.9 Å². The first-order valence-electron chi connectivity index (χ1n) is 5.47. The van der Waals surface area contributed by atoms with Gasteiger partial charge in [-0.1, -0.05) is 0 Å². The summed E-state index contributed by atoms with van der Waals surface area (Å²) < 4.78 is 6.98. The summed E-state index contributed by atoms with van der Waals surface area (Å²) in [7, 11) is 1.81. The molecule has 1 aliphatic rings. The van der Waals surface area contributed by atoms with Gasteiger partial charge in [-0.3, -0.25) is 4.79 Å². The molecule has 1 aromatic rings. The molecule has 2 heterocycles. The minimum atomic E-state index is -0.0638. The summed E-state index contributed by atoms with van der Waals surface area (Å²) in [5.41, 5.74) is 6.84. The van der Waals surface area contributed by atoms with Gasteiger partial charge < -0.3 is 20.4 Å². The fourth-order valence-corrected chi connectivity index (χ4v) is 1.92. The highest BCUT2D eigenvalue weighted by molar-refractivity contribution is 5.93. The van der Waals surface area contributed by atoms with Crippen LogP contribution in [0.25, 0.3) is 0 Å². The molecule has 2 rings (SSSR count). The Morgan fingerprint density at radius 3 is 2.81 bits per heavy atom. The van der Waals surface area contributed by atoms with Gasteiger partial charge in [0.2, 0.25) is 0 Å². The van der Waals surface area contributed by atoms with Gasteiger partial charge >= 0.3 is 0 Å². The number of nitrogens with zero attached hydrogens (tertiary/aromatic N) is 1. The van der Waals surface area contributed by atoms with Crippen molar-refractivity contribution in [2.75, 3.05) is 18.9 Å².